The van der Waals surface area contributed by atoms with E-state index in [1.807, 2.05) is 0 Å². The topological polar surface area (TPSA) is 46.3 Å². The summed E-state index contributed by atoms with van der Waals surface area (Å²) in [5.74, 6) is -0.666. The highest BCUT2D eigenvalue weighted by Gasteiger charge is 2.24. The van der Waals surface area contributed by atoms with Gasteiger partial charge < -0.3 is 5.73 Å². The monoisotopic (exact) mass is 270 g/mol. The molecule has 1 aromatic carbocycles. The molecule has 98 valence electrons. The molecule has 0 bridgehead atoms. The number of nitrogens with zero attached hydrogens (tertiary/aromatic N) is 1. The molecule has 0 aliphatic carbocycles. The van der Waals surface area contributed by atoms with Crippen molar-refractivity contribution in [3.63, 3.8) is 0 Å². The zero-order chi connectivity index (χ0) is 13.1. The maximum atomic E-state index is 12.9. The lowest BCUT2D eigenvalue weighted by molar-refractivity contribution is -0.123. The van der Waals surface area contributed by atoms with Crippen LogP contribution in [0, 0.1) is 11.7 Å². The first-order chi connectivity index (χ1) is 8.56. The van der Waals surface area contributed by atoms with Gasteiger partial charge >= 0.3 is 0 Å². The Labute approximate surface area is 111 Å². The van der Waals surface area contributed by atoms with Crippen molar-refractivity contribution in [2.75, 3.05) is 13.1 Å². The van der Waals surface area contributed by atoms with Crippen LogP contribution < -0.4 is 5.73 Å². The van der Waals surface area contributed by atoms with Crippen molar-refractivity contribution in [1.82, 2.24) is 4.90 Å². The molecule has 1 fully saturated rings. The van der Waals surface area contributed by atoms with Gasteiger partial charge in [0.05, 0.1) is 5.92 Å². The van der Waals surface area contributed by atoms with Crippen molar-refractivity contribution < 1.29 is 9.18 Å². The molecule has 3 nitrogen and oxygen atoms in total. The first-order valence-electron chi connectivity index (χ1n) is 6.02. The van der Waals surface area contributed by atoms with Crippen LogP contribution >= 0.6 is 11.6 Å². The minimum absolute atomic E-state index is 0.0852. The molecule has 2 N–H and O–H groups in total. The van der Waals surface area contributed by atoms with Crippen LogP contribution in [-0.2, 0) is 11.3 Å². The molecular weight excluding hydrogens is 255 g/mol. The number of rotatable bonds is 3. The van der Waals surface area contributed by atoms with E-state index in [1.54, 1.807) is 6.07 Å². The van der Waals surface area contributed by atoms with Gasteiger partial charge in [-0.1, -0.05) is 17.7 Å². The molecule has 5 heteroatoms. The maximum absolute atomic E-state index is 12.9. The van der Waals surface area contributed by atoms with Gasteiger partial charge in [-0.3, -0.25) is 9.69 Å². The molecule has 0 unspecified atom stereocenters. The third kappa shape index (κ3) is 3.21. The lowest BCUT2D eigenvalue weighted by atomic mass is 9.97. The van der Waals surface area contributed by atoms with Gasteiger partial charge in [0.15, 0.2) is 0 Å². The molecule has 1 aliphatic heterocycles. The molecule has 1 heterocycles. The van der Waals surface area contributed by atoms with Crippen LogP contribution in [0.25, 0.3) is 0 Å². The van der Waals surface area contributed by atoms with E-state index in [1.165, 1.54) is 12.1 Å². The first kappa shape index (κ1) is 13.3. The molecule has 0 aromatic heterocycles. The average molecular weight is 271 g/mol. The molecule has 0 spiro atoms. The Morgan fingerprint density at radius 3 is 3.00 bits per heavy atom. The first-order valence-corrected chi connectivity index (χ1v) is 6.39. The van der Waals surface area contributed by atoms with Gasteiger partial charge in [-0.25, -0.2) is 4.39 Å². The van der Waals surface area contributed by atoms with E-state index >= 15 is 0 Å². The molecule has 2 rings (SSSR count). The van der Waals surface area contributed by atoms with Gasteiger partial charge in [-0.2, -0.15) is 0 Å². The van der Waals surface area contributed by atoms with E-state index in [4.69, 9.17) is 17.3 Å². The largest absolute Gasteiger partial charge is 0.369 e. The Morgan fingerprint density at radius 2 is 2.33 bits per heavy atom. The van der Waals surface area contributed by atoms with E-state index in [-0.39, 0.29) is 17.6 Å². The molecule has 0 saturated carbocycles. The Bertz CT molecular complexity index is 453. The van der Waals surface area contributed by atoms with Gasteiger partial charge in [0.1, 0.15) is 5.82 Å². The number of amides is 1. The smallest absolute Gasteiger partial charge is 0.221 e. The highest BCUT2D eigenvalue weighted by atomic mass is 35.5. The number of primary amides is 1. The predicted octanol–water partition coefficient (Wildman–Crippen LogP) is 2.18. The Hall–Kier alpha value is -1.13. The summed E-state index contributed by atoms with van der Waals surface area (Å²) in [6.45, 7) is 2.20. The van der Waals surface area contributed by atoms with Crippen LogP contribution in [0.1, 0.15) is 18.4 Å². The lowest BCUT2D eigenvalue weighted by Crippen LogP contribution is -2.40. The van der Waals surface area contributed by atoms with Crippen molar-refractivity contribution in [3.8, 4) is 0 Å². The number of benzene rings is 1. The standard InChI is InChI=1S/C13H16ClFN2O/c14-12-6-11(15)4-3-9(12)7-17-5-1-2-10(8-17)13(16)18/h3-4,6,10H,1-2,5,7-8H2,(H2,16,18)/t10-/m1/s1. The maximum Gasteiger partial charge on any atom is 0.221 e. The van der Waals surface area contributed by atoms with Gasteiger partial charge in [0.25, 0.3) is 0 Å². The molecule has 1 atom stereocenters. The number of piperidine rings is 1. The summed E-state index contributed by atoms with van der Waals surface area (Å²) in [6, 6.07) is 4.40. The number of carbonyl (C=O) groups excluding carboxylic acids is 1. The molecule has 18 heavy (non-hydrogen) atoms. The highest BCUT2D eigenvalue weighted by Crippen LogP contribution is 2.22. The molecule has 1 aromatic rings. The minimum atomic E-state index is -0.336. The van der Waals surface area contributed by atoms with Gasteiger partial charge in [-0.15, -0.1) is 0 Å². The quantitative estimate of drug-likeness (QED) is 0.915. The van der Waals surface area contributed by atoms with Crippen LogP contribution in [0.3, 0.4) is 0 Å². The predicted molar refractivity (Wildman–Crippen MR) is 68.6 cm³/mol. The fraction of sp³-hybridized carbons (Fsp3) is 0.462. The SMILES string of the molecule is NC(=O)[C@@H]1CCCN(Cc2ccc(F)cc2Cl)C1. The lowest BCUT2D eigenvalue weighted by Gasteiger charge is -2.31. The van der Waals surface area contributed by atoms with Crippen LogP contribution in [-0.4, -0.2) is 23.9 Å². The van der Waals surface area contributed by atoms with Crippen LogP contribution in [0.5, 0.6) is 0 Å². The number of carbonyl (C=O) groups is 1. The Kier molecular flexibility index (Phi) is 4.19. The second kappa shape index (κ2) is 5.67. The van der Waals surface area contributed by atoms with Gasteiger partial charge in [-0.05, 0) is 37.1 Å². The van der Waals surface area contributed by atoms with Crippen molar-refractivity contribution in [2.24, 2.45) is 11.7 Å². The van der Waals surface area contributed by atoms with E-state index in [0.717, 1.165) is 24.9 Å². The Balaban J connectivity index is 2.02. The van der Waals surface area contributed by atoms with Crippen LogP contribution in [0.2, 0.25) is 5.02 Å². The molecule has 0 radical (unpaired) electrons. The van der Waals surface area contributed by atoms with Crippen LogP contribution in [0.4, 0.5) is 4.39 Å². The highest BCUT2D eigenvalue weighted by molar-refractivity contribution is 6.31. The van der Waals surface area contributed by atoms with Crippen molar-refractivity contribution in [1.29, 1.82) is 0 Å². The second-order valence-corrected chi connectivity index (χ2v) is 5.12. The zero-order valence-electron chi connectivity index (χ0n) is 10.0. The van der Waals surface area contributed by atoms with E-state index < -0.39 is 0 Å². The normalized spacial score (nSPS) is 20.9. The summed E-state index contributed by atoms with van der Waals surface area (Å²) < 4.78 is 12.9. The molecule has 1 saturated heterocycles. The molecule has 1 amide bonds. The Morgan fingerprint density at radius 1 is 1.56 bits per heavy atom. The van der Waals surface area contributed by atoms with Crippen molar-refractivity contribution in [2.45, 2.75) is 19.4 Å². The number of hydrogen-bond donors (Lipinski definition) is 1. The third-order valence-electron chi connectivity index (χ3n) is 3.32. The van der Waals surface area contributed by atoms with Crippen LogP contribution in [0.15, 0.2) is 18.2 Å². The van der Waals surface area contributed by atoms with E-state index in [2.05, 4.69) is 4.90 Å². The number of halogens is 2. The summed E-state index contributed by atoms with van der Waals surface area (Å²) in [6.07, 6.45) is 1.80. The minimum Gasteiger partial charge on any atom is -0.369 e. The summed E-state index contributed by atoms with van der Waals surface area (Å²) in [5.41, 5.74) is 6.21. The summed E-state index contributed by atoms with van der Waals surface area (Å²) >= 11 is 5.99. The van der Waals surface area contributed by atoms with Gasteiger partial charge in [0.2, 0.25) is 5.91 Å². The fourth-order valence-corrected chi connectivity index (χ4v) is 2.55. The van der Waals surface area contributed by atoms with Crippen molar-refractivity contribution in [3.05, 3.63) is 34.6 Å². The van der Waals surface area contributed by atoms with E-state index in [0.29, 0.717) is 18.1 Å². The molecular formula is C13H16ClFN2O. The number of nitrogens with two attached hydrogens (primary N) is 1. The summed E-state index contributed by atoms with van der Waals surface area (Å²) in [4.78, 5) is 13.3. The fourth-order valence-electron chi connectivity index (χ4n) is 2.32. The summed E-state index contributed by atoms with van der Waals surface area (Å²) in [5, 5.41) is 0.427. The second-order valence-electron chi connectivity index (χ2n) is 4.71. The molecule has 1 aliphatic rings. The van der Waals surface area contributed by atoms with Crippen molar-refractivity contribution >= 4 is 17.5 Å². The number of hydrogen-bond acceptors (Lipinski definition) is 2. The third-order valence-corrected chi connectivity index (χ3v) is 3.67. The van der Waals surface area contributed by atoms with E-state index in [9.17, 15) is 9.18 Å². The number of likely N-dealkylation sites (tertiary alicyclic amines) is 1. The average Bonchev–Trinajstić information content (AvgIpc) is 2.33. The zero-order valence-corrected chi connectivity index (χ0v) is 10.8. The van der Waals surface area contributed by atoms with Gasteiger partial charge in [0, 0.05) is 18.1 Å². The summed E-state index contributed by atoms with van der Waals surface area (Å²) in [7, 11) is 0.